The van der Waals surface area contributed by atoms with E-state index in [1.54, 1.807) is 51.9 Å². The van der Waals surface area contributed by atoms with E-state index in [1.165, 1.54) is 55.5 Å². The Labute approximate surface area is 346 Å². The van der Waals surface area contributed by atoms with E-state index in [-0.39, 0.29) is 38.8 Å². The van der Waals surface area contributed by atoms with Gasteiger partial charge >= 0.3 is 30.7 Å². The van der Waals surface area contributed by atoms with Crippen LogP contribution < -0.4 is 10.6 Å². The number of alkyl halides is 12. The topological polar surface area (TPSA) is 26.3 Å². The minimum absolute atomic E-state index is 0. The normalized spacial score (nSPS) is 16.5. The molecule has 0 spiro atoms. The maximum absolute atomic E-state index is 13.3. The molecular weight excluding hydrogens is 863 g/mol. The van der Waals surface area contributed by atoms with E-state index in [0.29, 0.717) is 17.5 Å². The molecule has 1 atom stereocenters. The molecule has 59 heavy (non-hydrogen) atoms. The fourth-order valence-electron chi connectivity index (χ4n) is 6.30. The van der Waals surface area contributed by atoms with E-state index in [1.807, 2.05) is 0 Å². The molecule has 0 saturated heterocycles. The number of rotatable bonds is 8. The van der Waals surface area contributed by atoms with Crippen LogP contribution in [0.5, 0.6) is 0 Å². The van der Waals surface area contributed by atoms with E-state index in [4.69, 9.17) is 4.74 Å². The zero-order chi connectivity index (χ0) is 42.6. The van der Waals surface area contributed by atoms with Crippen LogP contribution in [-0.4, -0.2) is 12.1 Å². The predicted molar refractivity (Wildman–Crippen MR) is 195 cm³/mol. The molecule has 2 aliphatic rings. The van der Waals surface area contributed by atoms with Crippen molar-refractivity contribution in [2.75, 3.05) is 0 Å². The number of hydrogen-bond acceptors (Lipinski definition) is 2. The molecule has 6 rings (SSSR count). The standard InChI is InChI=1S/C23H18F6O2P.C20H13F6.Fe/c1-14(31-15(2)30)20-10-5-11-21(20)32(18-8-3-6-16(12-18)22(24,25)26)19-9-4-7-17(13-19)23(27,28)29;21-19(22,23)16-9-3-7-14(11-16)18(13-5-1-2-6-13)15-8-4-10-17(12-15)20(24,25)26;/h3-14H,1-2H3;1-12,18H;/t14-;;/m1../s1. The summed E-state index contributed by atoms with van der Waals surface area (Å²) in [7, 11) is -1.81. The zero-order valence-corrected chi connectivity index (χ0v) is 32.6. The fraction of sp³-hybridized carbons (Fsp3) is 0.186. The second-order valence-corrected chi connectivity index (χ2v) is 15.1. The molecule has 2 nitrogen and oxygen atoms in total. The predicted octanol–water partition coefficient (Wildman–Crippen LogP) is 12.1. The minimum Gasteiger partial charge on any atom is -0.462 e. The van der Waals surface area contributed by atoms with Crippen molar-refractivity contribution >= 4 is 24.5 Å². The van der Waals surface area contributed by atoms with Gasteiger partial charge in [0, 0.05) is 41.5 Å². The maximum atomic E-state index is 13.3. The summed E-state index contributed by atoms with van der Waals surface area (Å²) in [6, 6.07) is 18.5. The van der Waals surface area contributed by atoms with Crippen LogP contribution in [0.3, 0.4) is 0 Å². The summed E-state index contributed by atoms with van der Waals surface area (Å²) < 4.78 is 164. The molecule has 0 N–H and O–H groups in total. The Hall–Kier alpha value is -3.54. The summed E-state index contributed by atoms with van der Waals surface area (Å²) in [5, 5.41) is 0.466. The molecule has 0 amide bonds. The number of benzene rings is 4. The zero-order valence-electron chi connectivity index (χ0n) is 30.6. The Morgan fingerprint density at radius 1 is 0.542 bits per heavy atom. The van der Waals surface area contributed by atoms with Gasteiger partial charge in [-0.25, -0.2) is 0 Å². The van der Waals surface area contributed by atoms with Crippen molar-refractivity contribution in [2.45, 2.75) is 50.6 Å². The molecule has 0 aromatic heterocycles. The van der Waals surface area contributed by atoms with Crippen LogP contribution in [0.25, 0.3) is 0 Å². The Balaban J connectivity index is 0.000000261. The van der Waals surface area contributed by atoms with Crippen LogP contribution in [0.1, 0.15) is 53.1 Å². The van der Waals surface area contributed by atoms with Crippen molar-refractivity contribution in [3.63, 3.8) is 0 Å². The van der Waals surface area contributed by atoms with Crippen LogP contribution in [0.15, 0.2) is 97.1 Å². The van der Waals surface area contributed by atoms with E-state index in [2.05, 4.69) is 0 Å². The molecular formula is C43H31F12FeO2P. The summed E-state index contributed by atoms with van der Waals surface area (Å²) in [5.74, 6) is -0.119. The molecule has 312 valence electrons. The van der Waals surface area contributed by atoms with Crippen LogP contribution in [0.4, 0.5) is 52.7 Å². The molecule has 16 heteroatoms. The molecule has 0 aliphatic heterocycles. The Kier molecular flexibility index (Phi) is 15.9. The second-order valence-electron chi connectivity index (χ2n) is 12.9. The fourth-order valence-corrected chi connectivity index (χ4v) is 8.91. The number of esters is 1. The summed E-state index contributed by atoms with van der Waals surface area (Å²) in [5.41, 5.74) is -2.37. The first kappa shape index (κ1) is 48.1. The Bertz CT molecular complexity index is 1890. The SMILES string of the molecule is CC(=O)O[C@H](C)[C]1[CH][CH][CH][C]1P(c1cccc(C(F)(F)F)c1)c1cccc(C(F)(F)F)c1.FC(F)(F)c1cccc(C([C]2[CH][CH][CH][CH]2)c2cccc(C(F)(F)F)c2)c1.[Fe]. The third-order valence-electron chi connectivity index (χ3n) is 8.83. The Morgan fingerprint density at radius 2 is 0.932 bits per heavy atom. The van der Waals surface area contributed by atoms with Gasteiger partial charge in [0.1, 0.15) is 6.10 Å². The van der Waals surface area contributed by atoms with E-state index < -0.39 is 72.9 Å². The molecule has 4 aromatic carbocycles. The van der Waals surface area contributed by atoms with Gasteiger partial charge in [0.25, 0.3) is 0 Å². The van der Waals surface area contributed by atoms with Crippen LogP contribution in [-0.2, 0) is 51.3 Å². The van der Waals surface area contributed by atoms with Crippen molar-refractivity contribution in [3.05, 3.63) is 193 Å². The first-order chi connectivity index (χ1) is 27.0. The number of hydrogen-bond donors (Lipinski definition) is 0. The third-order valence-corrected chi connectivity index (χ3v) is 11.3. The molecule has 0 heterocycles. The molecule has 2 fully saturated rings. The monoisotopic (exact) mass is 894 g/mol. The molecule has 10 radical (unpaired) electrons. The molecule has 0 unspecified atom stereocenters. The maximum Gasteiger partial charge on any atom is 0.416 e. The average molecular weight is 895 g/mol. The van der Waals surface area contributed by atoms with Crippen molar-refractivity contribution in [1.29, 1.82) is 0 Å². The number of carbonyl (C=O) groups excluding carboxylic acids is 1. The van der Waals surface area contributed by atoms with Gasteiger partial charge < -0.3 is 4.74 Å². The van der Waals surface area contributed by atoms with E-state index in [9.17, 15) is 57.5 Å². The van der Waals surface area contributed by atoms with Gasteiger partial charge in [-0.15, -0.1) is 0 Å². The molecule has 4 aromatic rings. The molecule has 2 saturated carbocycles. The van der Waals surface area contributed by atoms with Crippen molar-refractivity contribution < 1.29 is 79.3 Å². The summed E-state index contributed by atoms with van der Waals surface area (Å²) in [4.78, 5) is 11.4. The number of carbonyl (C=O) groups is 1. The van der Waals surface area contributed by atoms with E-state index >= 15 is 0 Å². The van der Waals surface area contributed by atoms with Gasteiger partial charge in [0.05, 0.1) is 22.3 Å². The smallest absolute Gasteiger partial charge is 0.416 e. The van der Waals surface area contributed by atoms with Crippen molar-refractivity contribution in [3.8, 4) is 0 Å². The quantitative estimate of drug-likeness (QED) is 0.0762. The van der Waals surface area contributed by atoms with Gasteiger partial charge in [-0.05, 0) is 124 Å². The van der Waals surface area contributed by atoms with Crippen LogP contribution >= 0.6 is 7.92 Å². The van der Waals surface area contributed by atoms with Gasteiger partial charge in [-0.2, -0.15) is 52.7 Å². The van der Waals surface area contributed by atoms with E-state index in [0.717, 1.165) is 48.5 Å². The van der Waals surface area contributed by atoms with Gasteiger partial charge in [-0.3, -0.25) is 4.79 Å². The molecule has 2 aliphatic carbocycles. The first-order valence-corrected chi connectivity index (χ1v) is 18.5. The first-order valence-electron chi connectivity index (χ1n) is 17.2. The van der Waals surface area contributed by atoms with Crippen LogP contribution in [0, 0.1) is 62.4 Å². The Morgan fingerprint density at radius 3 is 1.32 bits per heavy atom. The summed E-state index contributed by atoms with van der Waals surface area (Å²) in [6.07, 6.45) is -7.29. The second kappa shape index (κ2) is 19.4. The minimum atomic E-state index is -4.61. The summed E-state index contributed by atoms with van der Waals surface area (Å²) in [6.45, 7) is 2.83. The number of ether oxygens (including phenoxy) is 1. The third kappa shape index (κ3) is 12.5. The van der Waals surface area contributed by atoms with Crippen LogP contribution in [0.2, 0.25) is 0 Å². The average Bonchev–Trinajstić information content (AvgIpc) is 3.85. The van der Waals surface area contributed by atoms with Crippen molar-refractivity contribution in [2.24, 2.45) is 0 Å². The molecule has 0 bridgehead atoms. The largest absolute Gasteiger partial charge is 0.462 e. The summed E-state index contributed by atoms with van der Waals surface area (Å²) >= 11 is 0. The van der Waals surface area contributed by atoms with Gasteiger partial charge in [0.15, 0.2) is 0 Å². The number of halogens is 12. The van der Waals surface area contributed by atoms with Gasteiger partial charge in [0.2, 0.25) is 0 Å². The van der Waals surface area contributed by atoms with Crippen molar-refractivity contribution in [1.82, 2.24) is 0 Å². The van der Waals surface area contributed by atoms with Gasteiger partial charge in [-0.1, -0.05) is 60.7 Å².